The number of carboxylic acids is 1. The summed E-state index contributed by atoms with van der Waals surface area (Å²) in [5, 5.41) is 11.7. The molecule has 3 aromatic heterocycles. The average Bonchev–Trinajstić information content (AvgIpc) is 3.07. The van der Waals surface area contributed by atoms with Crippen molar-refractivity contribution in [3.05, 3.63) is 36.3 Å². The van der Waals surface area contributed by atoms with Crippen LogP contribution in [0.25, 0.3) is 22.4 Å². The molecule has 0 radical (unpaired) electrons. The molecule has 0 fully saturated rings. The molecule has 0 amide bonds. The fourth-order valence-corrected chi connectivity index (χ4v) is 2.07. The zero-order valence-electron chi connectivity index (χ0n) is 17.3. The third-order valence-corrected chi connectivity index (χ3v) is 3.11. The van der Waals surface area contributed by atoms with Gasteiger partial charge in [0.25, 0.3) is 0 Å². The van der Waals surface area contributed by atoms with Gasteiger partial charge in [0.2, 0.25) is 0 Å². The van der Waals surface area contributed by atoms with Gasteiger partial charge in [0.15, 0.2) is 17.5 Å². The molecule has 0 aliphatic carbocycles. The third-order valence-electron chi connectivity index (χ3n) is 3.11. The highest BCUT2D eigenvalue weighted by atomic mass is 19.1. The summed E-state index contributed by atoms with van der Waals surface area (Å²) in [5.74, 6) is -1.34. The van der Waals surface area contributed by atoms with E-state index in [0.717, 1.165) is 18.3 Å². The van der Waals surface area contributed by atoms with Crippen molar-refractivity contribution < 1.29 is 18.7 Å². The van der Waals surface area contributed by atoms with E-state index < -0.39 is 17.6 Å². The monoisotopic (exact) mass is 423 g/mol. The predicted molar refractivity (Wildman–Crippen MR) is 116 cm³/mol. The molecule has 0 aromatic carbocycles. The summed E-state index contributed by atoms with van der Waals surface area (Å²) in [4.78, 5) is 25.2. The molecule has 3 aromatic rings. The van der Waals surface area contributed by atoms with Crippen molar-refractivity contribution in [3.63, 3.8) is 0 Å². The number of fused-ring (bicyclic) bond motifs is 1. The van der Waals surface area contributed by atoms with Crippen molar-refractivity contribution in [1.29, 1.82) is 0 Å². The zero-order chi connectivity index (χ0) is 22.0. The minimum Gasteiger partial charge on any atom is -0.481 e. The summed E-state index contributed by atoms with van der Waals surface area (Å²) >= 11 is 0. The van der Waals surface area contributed by atoms with Crippen LogP contribution in [-0.4, -0.2) is 37.6 Å². The number of carbonyl (C=O) groups is 1. The molecule has 166 valence electrons. The van der Waals surface area contributed by atoms with Crippen molar-refractivity contribution in [2.45, 2.75) is 48.5 Å². The van der Waals surface area contributed by atoms with Crippen LogP contribution >= 0.6 is 0 Å². The zero-order valence-corrected chi connectivity index (χ0v) is 17.3. The molecule has 3 rings (SSSR count). The lowest BCUT2D eigenvalue weighted by Crippen LogP contribution is -2.10. The summed E-state index contributed by atoms with van der Waals surface area (Å²) in [6.45, 7) is 10.5. The van der Waals surface area contributed by atoms with Gasteiger partial charge in [0, 0.05) is 23.7 Å². The number of halogens is 2. The van der Waals surface area contributed by atoms with Gasteiger partial charge in [-0.05, 0) is 12.0 Å². The van der Waals surface area contributed by atoms with Gasteiger partial charge in [-0.3, -0.25) is 4.79 Å². The van der Waals surface area contributed by atoms with E-state index in [2.05, 4.69) is 46.0 Å². The SMILES string of the molecule is C.CC.CC(C)C.O=C(O)CCNc1nc(-c2c[nH]c3ncc(F)cc23)ncc1F. The van der Waals surface area contributed by atoms with E-state index >= 15 is 0 Å². The molecule has 0 saturated carbocycles. The summed E-state index contributed by atoms with van der Waals surface area (Å²) in [6.07, 6.45) is 3.41. The average molecular weight is 424 g/mol. The van der Waals surface area contributed by atoms with Crippen LogP contribution in [-0.2, 0) is 4.79 Å². The second-order valence-corrected chi connectivity index (χ2v) is 6.44. The maximum Gasteiger partial charge on any atom is 0.305 e. The fraction of sp³-hybridized carbons (Fsp3) is 0.429. The minimum atomic E-state index is -1.01. The molecule has 3 N–H and O–H groups in total. The Labute approximate surface area is 176 Å². The fourth-order valence-electron chi connectivity index (χ4n) is 2.07. The topological polar surface area (TPSA) is 104 Å². The molecular formula is C21H31F2N5O2. The molecule has 0 unspecified atom stereocenters. The van der Waals surface area contributed by atoms with Crippen molar-refractivity contribution in [2.24, 2.45) is 5.92 Å². The Morgan fingerprint density at radius 3 is 2.43 bits per heavy atom. The molecule has 0 saturated heterocycles. The number of aromatic amines is 1. The molecule has 0 bridgehead atoms. The van der Waals surface area contributed by atoms with E-state index in [0.29, 0.717) is 16.6 Å². The second kappa shape index (κ2) is 13.2. The van der Waals surface area contributed by atoms with Gasteiger partial charge in [-0.25, -0.2) is 23.7 Å². The lowest BCUT2D eigenvalue weighted by atomic mass is 10.2. The third kappa shape index (κ3) is 8.10. The molecule has 0 aliphatic rings. The van der Waals surface area contributed by atoms with Crippen LogP contribution in [0.2, 0.25) is 0 Å². The van der Waals surface area contributed by atoms with Gasteiger partial charge in [-0.15, -0.1) is 0 Å². The number of carboxylic acid groups (broad SMARTS) is 1. The lowest BCUT2D eigenvalue weighted by molar-refractivity contribution is -0.136. The number of anilines is 1. The van der Waals surface area contributed by atoms with Gasteiger partial charge in [0.1, 0.15) is 11.5 Å². The van der Waals surface area contributed by atoms with Gasteiger partial charge < -0.3 is 15.4 Å². The van der Waals surface area contributed by atoms with Crippen LogP contribution in [0.15, 0.2) is 24.7 Å². The van der Waals surface area contributed by atoms with Crippen LogP contribution in [0, 0.1) is 17.6 Å². The number of aromatic nitrogens is 4. The Kier molecular flexibility index (Phi) is 11.8. The van der Waals surface area contributed by atoms with Crippen LogP contribution in [0.5, 0.6) is 0 Å². The van der Waals surface area contributed by atoms with Gasteiger partial charge in [-0.2, -0.15) is 0 Å². The van der Waals surface area contributed by atoms with Crippen LogP contribution in [0.4, 0.5) is 14.6 Å². The molecule has 3 heterocycles. The summed E-state index contributed by atoms with van der Waals surface area (Å²) < 4.78 is 27.0. The van der Waals surface area contributed by atoms with E-state index in [1.165, 1.54) is 6.07 Å². The number of nitrogens with one attached hydrogen (secondary N) is 2. The largest absolute Gasteiger partial charge is 0.481 e. The molecule has 0 aliphatic heterocycles. The Hall–Kier alpha value is -3.10. The number of pyridine rings is 1. The van der Waals surface area contributed by atoms with Crippen LogP contribution in [0.1, 0.15) is 48.5 Å². The Morgan fingerprint density at radius 1 is 1.20 bits per heavy atom. The molecule has 7 nitrogen and oxygen atoms in total. The molecule has 9 heteroatoms. The van der Waals surface area contributed by atoms with Crippen LogP contribution < -0.4 is 5.32 Å². The van der Waals surface area contributed by atoms with E-state index in [9.17, 15) is 13.6 Å². The highest BCUT2D eigenvalue weighted by Crippen LogP contribution is 2.26. The predicted octanol–water partition coefficient (Wildman–Crippen LogP) is 5.51. The quantitative estimate of drug-likeness (QED) is 0.500. The van der Waals surface area contributed by atoms with Crippen molar-refractivity contribution in [2.75, 3.05) is 11.9 Å². The van der Waals surface area contributed by atoms with Gasteiger partial charge in [0.05, 0.1) is 18.8 Å². The maximum atomic E-state index is 13.7. The Balaban J connectivity index is 0.00000108. The molecule has 0 spiro atoms. The number of hydrogen-bond acceptors (Lipinski definition) is 5. The van der Waals surface area contributed by atoms with E-state index in [1.807, 2.05) is 13.8 Å². The molecule has 0 atom stereocenters. The van der Waals surface area contributed by atoms with E-state index in [4.69, 9.17) is 5.11 Å². The standard InChI is InChI=1S/C14H11F2N5O2.C4H10.C2H6.CH4/c15-7-3-8-9(5-19-12(8)18-4-7)13-20-6-10(16)14(21-13)17-2-1-11(22)23;1-4(2)3;1-2;/h3-6H,1-2H2,(H,18,19)(H,22,23)(H,17,20,21);4H,1-3H3;1-2H3;1H4. The molecule has 30 heavy (non-hydrogen) atoms. The number of aliphatic carboxylic acids is 1. The highest BCUT2D eigenvalue weighted by molar-refractivity contribution is 5.91. The first-order valence-corrected chi connectivity index (χ1v) is 9.39. The minimum absolute atomic E-state index is 0. The number of hydrogen-bond donors (Lipinski definition) is 3. The smallest absolute Gasteiger partial charge is 0.305 e. The summed E-state index contributed by atoms with van der Waals surface area (Å²) in [6, 6.07) is 1.28. The van der Waals surface area contributed by atoms with Crippen molar-refractivity contribution in [3.8, 4) is 11.4 Å². The highest BCUT2D eigenvalue weighted by Gasteiger charge is 2.13. The van der Waals surface area contributed by atoms with E-state index in [-0.39, 0.29) is 32.0 Å². The normalized spacial score (nSPS) is 9.73. The Bertz CT molecular complexity index is 926. The summed E-state index contributed by atoms with van der Waals surface area (Å²) in [7, 11) is 0. The van der Waals surface area contributed by atoms with Crippen molar-refractivity contribution in [1.82, 2.24) is 19.9 Å². The number of H-pyrrole nitrogens is 1. The first kappa shape index (κ1) is 26.9. The van der Waals surface area contributed by atoms with Gasteiger partial charge in [-0.1, -0.05) is 42.0 Å². The van der Waals surface area contributed by atoms with E-state index in [1.54, 1.807) is 6.20 Å². The summed E-state index contributed by atoms with van der Waals surface area (Å²) in [5.41, 5.74) is 0.919. The van der Waals surface area contributed by atoms with Crippen molar-refractivity contribution >= 4 is 22.8 Å². The second-order valence-electron chi connectivity index (χ2n) is 6.44. The first-order valence-electron chi connectivity index (χ1n) is 9.39. The lowest BCUT2D eigenvalue weighted by Gasteiger charge is -2.06. The number of nitrogens with zero attached hydrogens (tertiary/aromatic N) is 3. The maximum absolute atomic E-state index is 13.7. The number of rotatable bonds is 5. The molecular weight excluding hydrogens is 392 g/mol. The van der Waals surface area contributed by atoms with Crippen LogP contribution in [0.3, 0.4) is 0 Å². The Morgan fingerprint density at radius 2 is 1.83 bits per heavy atom. The van der Waals surface area contributed by atoms with Gasteiger partial charge >= 0.3 is 5.97 Å². The first-order chi connectivity index (χ1) is 13.8.